The van der Waals surface area contributed by atoms with Crippen molar-refractivity contribution in [2.45, 2.75) is 57.9 Å². The van der Waals surface area contributed by atoms with E-state index in [4.69, 9.17) is 5.11 Å². The van der Waals surface area contributed by atoms with Crippen LogP contribution in [0, 0.1) is 0 Å². The molecule has 0 fully saturated rings. The average Bonchev–Trinajstić information content (AvgIpc) is 2.36. The normalized spacial score (nSPS) is 16.4. The van der Waals surface area contributed by atoms with Crippen LogP contribution in [0.3, 0.4) is 0 Å². The SMILES string of the molecule is CCCC(C)NC(=O)C(C)S(=O)C[C@H](NC(C)=O)C(=O)O. The molecule has 0 aliphatic carbocycles. The number of carbonyl (C=O) groups excluding carboxylic acids is 2. The van der Waals surface area contributed by atoms with E-state index in [1.54, 1.807) is 0 Å². The van der Waals surface area contributed by atoms with Crippen molar-refractivity contribution in [3.05, 3.63) is 0 Å². The first-order valence-electron chi connectivity index (χ1n) is 6.86. The van der Waals surface area contributed by atoms with Gasteiger partial charge in [0.1, 0.15) is 11.3 Å². The summed E-state index contributed by atoms with van der Waals surface area (Å²) in [5, 5.41) is 13.1. The molecule has 0 radical (unpaired) electrons. The second-order valence-corrected chi connectivity index (χ2v) is 6.78. The second kappa shape index (κ2) is 9.49. The molecule has 3 unspecified atom stereocenters. The summed E-state index contributed by atoms with van der Waals surface area (Å²) in [7, 11) is -1.69. The lowest BCUT2D eigenvalue weighted by Crippen LogP contribution is -2.47. The number of nitrogens with one attached hydrogen (secondary N) is 2. The molecule has 0 aromatic heterocycles. The van der Waals surface area contributed by atoms with Gasteiger partial charge >= 0.3 is 5.97 Å². The maximum absolute atomic E-state index is 12.1. The Hall–Kier alpha value is -1.44. The molecule has 0 aliphatic rings. The van der Waals surface area contributed by atoms with E-state index in [-0.39, 0.29) is 17.7 Å². The highest BCUT2D eigenvalue weighted by Gasteiger charge is 2.27. The van der Waals surface area contributed by atoms with Gasteiger partial charge in [0.2, 0.25) is 11.8 Å². The number of amides is 2. The Morgan fingerprint density at radius 1 is 1.19 bits per heavy atom. The number of carboxylic acids is 1. The summed E-state index contributed by atoms with van der Waals surface area (Å²) in [6, 6.07) is -1.28. The van der Waals surface area contributed by atoms with E-state index in [1.165, 1.54) is 13.8 Å². The van der Waals surface area contributed by atoms with Crippen molar-refractivity contribution in [2.75, 3.05) is 5.75 Å². The zero-order chi connectivity index (χ0) is 16.6. The highest BCUT2D eigenvalue weighted by Crippen LogP contribution is 2.03. The molecule has 0 aliphatic heterocycles. The lowest BCUT2D eigenvalue weighted by atomic mass is 10.2. The van der Waals surface area contributed by atoms with Gasteiger partial charge in [0.05, 0.1) is 5.75 Å². The number of hydrogen-bond donors (Lipinski definition) is 3. The lowest BCUT2D eigenvalue weighted by molar-refractivity contribution is -0.140. The molecule has 0 spiro atoms. The van der Waals surface area contributed by atoms with Crippen LogP contribution < -0.4 is 10.6 Å². The Balaban J connectivity index is 4.57. The molecule has 0 aromatic carbocycles. The van der Waals surface area contributed by atoms with Crippen molar-refractivity contribution in [1.82, 2.24) is 10.6 Å². The van der Waals surface area contributed by atoms with Gasteiger partial charge in [-0.25, -0.2) is 4.79 Å². The molecule has 0 heterocycles. The van der Waals surface area contributed by atoms with Crippen LogP contribution in [0.25, 0.3) is 0 Å². The van der Waals surface area contributed by atoms with E-state index in [9.17, 15) is 18.6 Å². The van der Waals surface area contributed by atoms with Gasteiger partial charge < -0.3 is 15.7 Å². The predicted octanol–water partition coefficient (Wildman–Crippen LogP) is 0.0177. The smallest absolute Gasteiger partial charge is 0.327 e. The van der Waals surface area contributed by atoms with E-state index in [0.29, 0.717) is 0 Å². The largest absolute Gasteiger partial charge is 0.480 e. The van der Waals surface area contributed by atoms with Crippen LogP contribution in [-0.2, 0) is 25.2 Å². The van der Waals surface area contributed by atoms with Crippen molar-refractivity contribution in [3.8, 4) is 0 Å². The van der Waals surface area contributed by atoms with Gasteiger partial charge in [-0.1, -0.05) is 13.3 Å². The Labute approximate surface area is 127 Å². The molecule has 0 aromatic rings. The Bertz CT molecular complexity index is 413. The van der Waals surface area contributed by atoms with Crippen molar-refractivity contribution in [1.29, 1.82) is 0 Å². The van der Waals surface area contributed by atoms with E-state index < -0.39 is 34.0 Å². The maximum Gasteiger partial charge on any atom is 0.327 e. The van der Waals surface area contributed by atoms with Gasteiger partial charge in [0.25, 0.3) is 0 Å². The molecule has 0 bridgehead atoms. The molecule has 0 saturated heterocycles. The van der Waals surface area contributed by atoms with Crippen LogP contribution >= 0.6 is 0 Å². The summed E-state index contributed by atoms with van der Waals surface area (Å²) in [4.78, 5) is 33.8. The molecule has 0 saturated carbocycles. The first-order valence-corrected chi connectivity index (χ1v) is 8.24. The standard InChI is InChI=1S/C13H24N2O5S/c1-5-6-8(2)14-12(17)9(3)21(20)7-11(13(18)19)15-10(4)16/h8-9,11H,5-7H2,1-4H3,(H,14,17)(H,15,16)(H,18,19)/t8?,9?,11-,21?/m0/s1. The van der Waals surface area contributed by atoms with Crippen molar-refractivity contribution >= 4 is 28.6 Å². The lowest BCUT2D eigenvalue weighted by Gasteiger charge is -2.19. The van der Waals surface area contributed by atoms with Crippen molar-refractivity contribution < 1.29 is 23.7 Å². The average molecular weight is 320 g/mol. The molecule has 122 valence electrons. The summed E-state index contributed by atoms with van der Waals surface area (Å²) in [5.74, 6) is -2.47. The zero-order valence-electron chi connectivity index (χ0n) is 12.8. The Morgan fingerprint density at radius 2 is 1.76 bits per heavy atom. The summed E-state index contributed by atoms with van der Waals surface area (Å²) >= 11 is 0. The molecular weight excluding hydrogens is 296 g/mol. The highest BCUT2D eigenvalue weighted by molar-refractivity contribution is 7.86. The number of rotatable bonds is 9. The first-order chi connectivity index (χ1) is 9.68. The summed E-state index contributed by atoms with van der Waals surface area (Å²) in [5.41, 5.74) is 0. The van der Waals surface area contributed by atoms with Gasteiger partial charge in [-0.2, -0.15) is 0 Å². The van der Waals surface area contributed by atoms with Gasteiger partial charge in [-0.3, -0.25) is 13.8 Å². The molecule has 21 heavy (non-hydrogen) atoms. The van der Waals surface area contributed by atoms with Gasteiger partial charge in [0, 0.05) is 23.8 Å². The fourth-order valence-corrected chi connectivity index (χ4v) is 2.86. The first kappa shape index (κ1) is 19.6. The fraction of sp³-hybridized carbons (Fsp3) is 0.769. The third kappa shape index (κ3) is 7.79. The maximum atomic E-state index is 12.1. The van der Waals surface area contributed by atoms with Gasteiger partial charge in [0.15, 0.2) is 0 Å². The molecule has 7 nitrogen and oxygen atoms in total. The van der Waals surface area contributed by atoms with Gasteiger partial charge in [-0.05, 0) is 20.3 Å². The highest BCUT2D eigenvalue weighted by atomic mass is 32.2. The molecule has 8 heteroatoms. The summed E-state index contributed by atoms with van der Waals surface area (Å²) < 4.78 is 12.1. The minimum Gasteiger partial charge on any atom is -0.480 e. The van der Waals surface area contributed by atoms with Crippen molar-refractivity contribution in [2.24, 2.45) is 0 Å². The van der Waals surface area contributed by atoms with Crippen LogP contribution in [0.15, 0.2) is 0 Å². The number of aliphatic carboxylic acids is 1. The topological polar surface area (TPSA) is 113 Å². The molecular formula is C13H24N2O5S. The zero-order valence-corrected chi connectivity index (χ0v) is 13.7. The Kier molecular flexibility index (Phi) is 8.84. The van der Waals surface area contributed by atoms with Crippen LogP contribution in [0.5, 0.6) is 0 Å². The van der Waals surface area contributed by atoms with Crippen LogP contribution in [0.1, 0.15) is 40.5 Å². The molecule has 3 N–H and O–H groups in total. The number of carboxylic acid groups (broad SMARTS) is 1. The summed E-state index contributed by atoms with van der Waals surface area (Å²) in [6.07, 6.45) is 1.73. The third-order valence-electron chi connectivity index (χ3n) is 2.88. The third-order valence-corrected chi connectivity index (χ3v) is 4.55. The molecule has 2 amide bonds. The summed E-state index contributed by atoms with van der Waals surface area (Å²) in [6.45, 7) is 6.52. The van der Waals surface area contributed by atoms with Gasteiger partial charge in [-0.15, -0.1) is 0 Å². The second-order valence-electron chi connectivity index (χ2n) is 4.98. The number of hydrogen-bond acceptors (Lipinski definition) is 4. The van der Waals surface area contributed by atoms with Crippen LogP contribution in [0.2, 0.25) is 0 Å². The minimum absolute atomic E-state index is 0.0208. The van der Waals surface area contributed by atoms with E-state index in [1.807, 2.05) is 13.8 Å². The van der Waals surface area contributed by atoms with E-state index in [2.05, 4.69) is 10.6 Å². The van der Waals surface area contributed by atoms with Crippen LogP contribution in [0.4, 0.5) is 0 Å². The Morgan fingerprint density at radius 3 is 2.19 bits per heavy atom. The van der Waals surface area contributed by atoms with Crippen molar-refractivity contribution in [3.63, 3.8) is 0 Å². The van der Waals surface area contributed by atoms with E-state index in [0.717, 1.165) is 12.8 Å². The monoisotopic (exact) mass is 320 g/mol. The van der Waals surface area contributed by atoms with E-state index >= 15 is 0 Å². The molecule has 4 atom stereocenters. The minimum atomic E-state index is -1.69. The fourth-order valence-electron chi connectivity index (χ4n) is 1.71. The quantitative estimate of drug-likeness (QED) is 0.554. The number of carbonyl (C=O) groups is 3. The predicted molar refractivity (Wildman–Crippen MR) is 80.2 cm³/mol. The molecule has 0 rings (SSSR count). The van der Waals surface area contributed by atoms with Crippen LogP contribution in [-0.4, -0.2) is 50.2 Å².